The Bertz CT molecular complexity index is 912. The van der Waals surface area contributed by atoms with Gasteiger partial charge in [-0.25, -0.2) is 9.80 Å². The maximum absolute atomic E-state index is 12.1. The SMILES string of the molecule is CCOC(=O)/C=C1/CC(c2cc(OC)c(OC)c(OC)c2)=NN1c1ccccc1. The van der Waals surface area contributed by atoms with Crippen molar-refractivity contribution in [1.82, 2.24) is 0 Å². The number of benzene rings is 2. The molecule has 0 bridgehead atoms. The zero-order valence-corrected chi connectivity index (χ0v) is 17.0. The Morgan fingerprint density at radius 1 is 1.07 bits per heavy atom. The molecule has 0 atom stereocenters. The minimum atomic E-state index is -0.398. The molecule has 0 spiro atoms. The van der Waals surface area contributed by atoms with Crippen LogP contribution in [-0.2, 0) is 9.53 Å². The van der Waals surface area contributed by atoms with E-state index in [-0.39, 0.29) is 0 Å². The minimum Gasteiger partial charge on any atom is -0.493 e. The van der Waals surface area contributed by atoms with Crippen LogP contribution in [0.4, 0.5) is 5.69 Å². The van der Waals surface area contributed by atoms with Gasteiger partial charge >= 0.3 is 5.97 Å². The average molecular weight is 396 g/mol. The number of rotatable bonds is 7. The molecular formula is C22H24N2O5. The average Bonchev–Trinajstić information content (AvgIpc) is 3.17. The van der Waals surface area contributed by atoms with Crippen molar-refractivity contribution in [3.05, 3.63) is 59.8 Å². The molecule has 152 valence electrons. The van der Waals surface area contributed by atoms with Crippen LogP contribution in [0.3, 0.4) is 0 Å². The number of methoxy groups -OCH3 is 3. The first-order valence-electron chi connectivity index (χ1n) is 9.21. The Hall–Kier alpha value is -3.48. The summed E-state index contributed by atoms with van der Waals surface area (Å²) < 4.78 is 21.4. The van der Waals surface area contributed by atoms with Gasteiger partial charge in [0.15, 0.2) is 11.5 Å². The van der Waals surface area contributed by atoms with Crippen molar-refractivity contribution in [1.29, 1.82) is 0 Å². The van der Waals surface area contributed by atoms with Crippen molar-refractivity contribution in [2.45, 2.75) is 13.3 Å². The third-order valence-electron chi connectivity index (χ3n) is 4.41. The van der Waals surface area contributed by atoms with Crippen molar-refractivity contribution < 1.29 is 23.7 Å². The molecule has 0 aliphatic carbocycles. The lowest BCUT2D eigenvalue weighted by Gasteiger charge is -2.16. The molecule has 1 aliphatic heterocycles. The Labute approximate surface area is 170 Å². The van der Waals surface area contributed by atoms with E-state index in [1.54, 1.807) is 33.3 Å². The van der Waals surface area contributed by atoms with Gasteiger partial charge in [0.05, 0.1) is 45.0 Å². The number of carbonyl (C=O) groups is 1. The maximum atomic E-state index is 12.1. The van der Waals surface area contributed by atoms with Crippen LogP contribution >= 0.6 is 0 Å². The number of esters is 1. The summed E-state index contributed by atoms with van der Waals surface area (Å²) in [7, 11) is 4.70. The van der Waals surface area contributed by atoms with Gasteiger partial charge in [0, 0.05) is 18.1 Å². The van der Waals surface area contributed by atoms with Crippen molar-refractivity contribution in [2.75, 3.05) is 32.9 Å². The summed E-state index contributed by atoms with van der Waals surface area (Å²) in [6.07, 6.45) is 1.93. The van der Waals surface area contributed by atoms with Gasteiger partial charge in [0.25, 0.3) is 0 Å². The van der Waals surface area contributed by atoms with E-state index in [9.17, 15) is 4.79 Å². The lowest BCUT2D eigenvalue weighted by Crippen LogP contribution is -2.12. The Morgan fingerprint density at radius 3 is 2.28 bits per heavy atom. The zero-order valence-electron chi connectivity index (χ0n) is 17.0. The standard InChI is InChI=1S/C22H24N2O5/c1-5-29-21(25)14-17-13-18(23-24(17)16-9-7-6-8-10-16)15-11-19(26-2)22(28-4)20(12-15)27-3/h6-12,14H,5,13H2,1-4H3/b17-14-. The smallest absolute Gasteiger partial charge is 0.332 e. The zero-order chi connectivity index (χ0) is 20.8. The fourth-order valence-electron chi connectivity index (χ4n) is 3.10. The van der Waals surface area contributed by atoms with Gasteiger partial charge in [-0.3, -0.25) is 0 Å². The lowest BCUT2D eigenvalue weighted by atomic mass is 10.0. The largest absolute Gasteiger partial charge is 0.493 e. The maximum Gasteiger partial charge on any atom is 0.332 e. The van der Waals surface area contributed by atoms with Gasteiger partial charge in [0.1, 0.15) is 0 Å². The van der Waals surface area contributed by atoms with Crippen molar-refractivity contribution >= 4 is 17.4 Å². The molecule has 0 fully saturated rings. The van der Waals surface area contributed by atoms with Crippen molar-refractivity contribution in [2.24, 2.45) is 5.10 Å². The predicted octanol–water partition coefficient (Wildman–Crippen LogP) is 3.77. The van der Waals surface area contributed by atoms with Crippen LogP contribution in [0.5, 0.6) is 17.2 Å². The van der Waals surface area contributed by atoms with Crippen LogP contribution in [0, 0.1) is 0 Å². The summed E-state index contributed by atoms with van der Waals surface area (Å²) in [6, 6.07) is 13.3. The highest BCUT2D eigenvalue weighted by Gasteiger charge is 2.26. The number of anilines is 1. The van der Waals surface area contributed by atoms with Crippen LogP contribution in [0.15, 0.2) is 59.3 Å². The second-order valence-corrected chi connectivity index (χ2v) is 6.17. The lowest BCUT2D eigenvalue weighted by molar-refractivity contribution is -0.137. The predicted molar refractivity (Wildman–Crippen MR) is 111 cm³/mol. The molecule has 7 nitrogen and oxygen atoms in total. The van der Waals surface area contributed by atoms with E-state index in [4.69, 9.17) is 24.0 Å². The summed E-state index contributed by atoms with van der Waals surface area (Å²) in [6.45, 7) is 2.09. The monoisotopic (exact) mass is 396 g/mol. The molecule has 29 heavy (non-hydrogen) atoms. The fourth-order valence-corrected chi connectivity index (χ4v) is 3.10. The molecule has 0 saturated heterocycles. The molecule has 3 rings (SSSR count). The summed E-state index contributed by atoms with van der Waals surface area (Å²) >= 11 is 0. The molecular weight excluding hydrogens is 372 g/mol. The number of para-hydroxylation sites is 1. The van der Waals surface area contributed by atoms with Gasteiger partial charge in [-0.05, 0) is 31.2 Å². The molecule has 1 aliphatic rings. The summed E-state index contributed by atoms with van der Waals surface area (Å²) in [5.74, 6) is 1.20. The summed E-state index contributed by atoms with van der Waals surface area (Å²) in [5.41, 5.74) is 3.15. The van der Waals surface area contributed by atoms with Crippen LogP contribution in [0.25, 0.3) is 0 Å². The highest BCUT2D eigenvalue weighted by atomic mass is 16.5. The molecule has 0 unspecified atom stereocenters. The van der Waals surface area contributed by atoms with Gasteiger partial charge in [-0.2, -0.15) is 5.10 Å². The third kappa shape index (κ3) is 4.34. The molecule has 7 heteroatoms. The van der Waals surface area contributed by atoms with Gasteiger partial charge in [-0.15, -0.1) is 0 Å². The first-order chi connectivity index (χ1) is 14.1. The van der Waals surface area contributed by atoms with E-state index in [1.165, 1.54) is 6.08 Å². The number of carbonyl (C=O) groups excluding carboxylic acids is 1. The second-order valence-electron chi connectivity index (χ2n) is 6.17. The van der Waals surface area contributed by atoms with Crippen molar-refractivity contribution in [3.8, 4) is 17.2 Å². The topological polar surface area (TPSA) is 69.6 Å². The number of ether oxygens (including phenoxy) is 4. The number of hydrazone groups is 1. The van der Waals surface area contributed by atoms with Crippen LogP contribution < -0.4 is 19.2 Å². The molecule has 2 aromatic carbocycles. The van der Waals surface area contributed by atoms with Crippen LogP contribution in [0.2, 0.25) is 0 Å². The highest BCUT2D eigenvalue weighted by molar-refractivity contribution is 6.06. The molecule has 2 aromatic rings. The van der Waals surface area contributed by atoms with Crippen LogP contribution in [0.1, 0.15) is 18.9 Å². The number of nitrogens with zero attached hydrogens (tertiary/aromatic N) is 2. The second kappa shape index (κ2) is 9.14. The fraction of sp³-hybridized carbons (Fsp3) is 0.273. The Kier molecular flexibility index (Phi) is 6.39. The van der Waals surface area contributed by atoms with E-state index in [0.717, 1.165) is 22.7 Å². The van der Waals surface area contributed by atoms with Crippen LogP contribution in [-0.4, -0.2) is 39.6 Å². The van der Waals surface area contributed by atoms with Gasteiger partial charge in [0.2, 0.25) is 5.75 Å². The number of hydrogen-bond donors (Lipinski definition) is 0. The number of allylic oxidation sites excluding steroid dienone is 1. The highest BCUT2D eigenvalue weighted by Crippen LogP contribution is 2.40. The third-order valence-corrected chi connectivity index (χ3v) is 4.41. The molecule has 0 N–H and O–H groups in total. The quantitative estimate of drug-likeness (QED) is 0.524. The van der Waals surface area contributed by atoms with Gasteiger partial charge in [-0.1, -0.05) is 18.2 Å². The first-order valence-corrected chi connectivity index (χ1v) is 9.21. The van der Waals surface area contributed by atoms with Gasteiger partial charge < -0.3 is 18.9 Å². The van der Waals surface area contributed by atoms with E-state index in [1.807, 2.05) is 42.5 Å². The molecule has 0 amide bonds. The van der Waals surface area contributed by atoms with Crippen molar-refractivity contribution in [3.63, 3.8) is 0 Å². The first kappa shape index (κ1) is 20.3. The molecule has 0 radical (unpaired) electrons. The number of hydrogen-bond acceptors (Lipinski definition) is 7. The normalized spacial score (nSPS) is 14.6. The molecule has 0 saturated carbocycles. The van der Waals surface area contributed by atoms with E-state index in [0.29, 0.717) is 30.3 Å². The summed E-state index contributed by atoms with van der Waals surface area (Å²) in [5, 5.41) is 6.50. The Morgan fingerprint density at radius 2 is 1.72 bits per heavy atom. The van der Waals surface area contributed by atoms with E-state index >= 15 is 0 Å². The van der Waals surface area contributed by atoms with E-state index in [2.05, 4.69) is 0 Å². The Balaban J connectivity index is 2.05. The molecule has 0 aromatic heterocycles. The molecule has 1 heterocycles. The minimum absolute atomic E-state index is 0.314. The van der Waals surface area contributed by atoms with E-state index < -0.39 is 5.97 Å². The summed E-state index contributed by atoms with van der Waals surface area (Å²) in [4.78, 5) is 12.1.